The molecule has 0 amide bonds. The number of aryl methyl sites for hydroxylation is 2. The van der Waals surface area contributed by atoms with Gasteiger partial charge in [-0.15, -0.1) is 0 Å². The molecule has 0 fully saturated rings. The van der Waals surface area contributed by atoms with E-state index in [2.05, 4.69) is 29.0 Å². The second-order valence-corrected chi connectivity index (χ2v) is 3.83. The van der Waals surface area contributed by atoms with Crippen LogP contribution in [0.2, 0.25) is 0 Å². The fraction of sp³-hybridized carbons (Fsp3) is 0.143. The van der Waals surface area contributed by atoms with Crippen molar-refractivity contribution in [3.05, 3.63) is 59.4 Å². The van der Waals surface area contributed by atoms with Gasteiger partial charge in [0.1, 0.15) is 0 Å². The van der Waals surface area contributed by atoms with Gasteiger partial charge in [0.15, 0.2) is 0 Å². The molecule has 2 heteroatoms. The number of hydrogen-bond donors (Lipinski definition) is 0. The average molecular weight is 210 g/mol. The molecule has 2 aromatic rings. The number of pyridine rings is 1. The van der Waals surface area contributed by atoms with Gasteiger partial charge in [0.25, 0.3) is 0 Å². The van der Waals surface area contributed by atoms with Crippen molar-refractivity contribution in [3.8, 4) is 0 Å². The van der Waals surface area contributed by atoms with E-state index < -0.39 is 0 Å². The number of aromatic nitrogens is 1. The molecule has 0 bridgehead atoms. The van der Waals surface area contributed by atoms with E-state index >= 15 is 0 Å². The zero-order valence-electron chi connectivity index (χ0n) is 9.51. The van der Waals surface area contributed by atoms with Gasteiger partial charge in [-0.1, -0.05) is 23.8 Å². The van der Waals surface area contributed by atoms with Gasteiger partial charge in [0.05, 0.1) is 5.69 Å². The molecule has 80 valence electrons. The summed E-state index contributed by atoms with van der Waals surface area (Å²) in [6, 6.07) is 12.1. The topological polar surface area (TPSA) is 25.2 Å². The SMILES string of the molecule is Cc1ccc(N=Cc2ccc(C)nc2)cc1. The monoisotopic (exact) mass is 210 g/mol. The van der Waals surface area contributed by atoms with E-state index in [4.69, 9.17) is 0 Å². The molecule has 0 spiro atoms. The fourth-order valence-corrected chi connectivity index (χ4v) is 1.34. The molecule has 1 aromatic carbocycles. The van der Waals surface area contributed by atoms with Crippen molar-refractivity contribution >= 4 is 11.9 Å². The molecule has 0 aliphatic rings. The van der Waals surface area contributed by atoms with Gasteiger partial charge in [0.2, 0.25) is 0 Å². The van der Waals surface area contributed by atoms with Crippen molar-refractivity contribution in [1.29, 1.82) is 0 Å². The van der Waals surface area contributed by atoms with Gasteiger partial charge < -0.3 is 0 Å². The average Bonchev–Trinajstić information content (AvgIpc) is 2.30. The zero-order chi connectivity index (χ0) is 11.4. The maximum Gasteiger partial charge on any atom is 0.0630 e. The lowest BCUT2D eigenvalue weighted by molar-refractivity contribution is 1.20. The minimum Gasteiger partial charge on any atom is -0.261 e. The Bertz CT molecular complexity index is 434. The van der Waals surface area contributed by atoms with Crippen molar-refractivity contribution in [2.75, 3.05) is 0 Å². The Morgan fingerprint density at radius 1 is 1.00 bits per heavy atom. The van der Waals surface area contributed by atoms with E-state index in [1.165, 1.54) is 5.56 Å². The van der Waals surface area contributed by atoms with E-state index in [0.29, 0.717) is 0 Å². The minimum absolute atomic E-state index is 0.964. The standard InChI is InChI=1S/C14H14N2/c1-11-3-7-14(8-4-11)16-10-13-6-5-12(2)15-9-13/h3-10H,1-2H3. The highest BCUT2D eigenvalue weighted by atomic mass is 14.7. The second-order valence-electron chi connectivity index (χ2n) is 3.83. The van der Waals surface area contributed by atoms with Crippen molar-refractivity contribution in [2.45, 2.75) is 13.8 Å². The smallest absolute Gasteiger partial charge is 0.0630 e. The van der Waals surface area contributed by atoms with Gasteiger partial charge in [-0.3, -0.25) is 9.98 Å². The lowest BCUT2D eigenvalue weighted by Crippen LogP contribution is -1.84. The van der Waals surface area contributed by atoms with E-state index in [1.54, 1.807) is 0 Å². The molecule has 0 saturated heterocycles. The van der Waals surface area contributed by atoms with Gasteiger partial charge in [0, 0.05) is 23.7 Å². The van der Waals surface area contributed by atoms with Gasteiger partial charge >= 0.3 is 0 Å². The highest BCUT2D eigenvalue weighted by Gasteiger charge is 1.90. The van der Waals surface area contributed by atoms with Crippen LogP contribution in [0.4, 0.5) is 5.69 Å². The molecule has 16 heavy (non-hydrogen) atoms. The maximum absolute atomic E-state index is 4.38. The summed E-state index contributed by atoms with van der Waals surface area (Å²) in [4.78, 5) is 8.60. The van der Waals surface area contributed by atoms with Crippen LogP contribution in [0.5, 0.6) is 0 Å². The first-order chi connectivity index (χ1) is 7.74. The number of rotatable bonds is 2. The first-order valence-electron chi connectivity index (χ1n) is 5.27. The summed E-state index contributed by atoms with van der Waals surface area (Å²) in [6.07, 6.45) is 3.66. The Morgan fingerprint density at radius 2 is 1.75 bits per heavy atom. The van der Waals surface area contributed by atoms with Crippen LogP contribution < -0.4 is 0 Å². The summed E-state index contributed by atoms with van der Waals surface area (Å²) >= 11 is 0. The normalized spacial score (nSPS) is 10.9. The molecule has 2 rings (SSSR count). The molecule has 0 unspecified atom stereocenters. The molecular formula is C14H14N2. The Morgan fingerprint density at radius 3 is 2.38 bits per heavy atom. The molecule has 2 nitrogen and oxygen atoms in total. The number of benzene rings is 1. The summed E-state index contributed by atoms with van der Waals surface area (Å²) in [6.45, 7) is 4.04. The lowest BCUT2D eigenvalue weighted by Gasteiger charge is -1.95. The third-order valence-electron chi connectivity index (χ3n) is 2.33. The van der Waals surface area contributed by atoms with E-state index in [0.717, 1.165) is 16.9 Å². The lowest BCUT2D eigenvalue weighted by atomic mass is 10.2. The van der Waals surface area contributed by atoms with Crippen LogP contribution in [0.3, 0.4) is 0 Å². The Kier molecular flexibility index (Phi) is 3.10. The van der Waals surface area contributed by atoms with Crippen LogP contribution in [0.15, 0.2) is 47.6 Å². The predicted molar refractivity (Wildman–Crippen MR) is 67.4 cm³/mol. The first-order valence-corrected chi connectivity index (χ1v) is 5.27. The van der Waals surface area contributed by atoms with Gasteiger partial charge in [-0.25, -0.2) is 0 Å². The van der Waals surface area contributed by atoms with Crippen molar-refractivity contribution in [1.82, 2.24) is 4.98 Å². The highest BCUT2D eigenvalue weighted by Crippen LogP contribution is 2.12. The van der Waals surface area contributed by atoms with Crippen LogP contribution >= 0.6 is 0 Å². The maximum atomic E-state index is 4.38. The highest BCUT2D eigenvalue weighted by molar-refractivity contribution is 5.81. The summed E-state index contributed by atoms with van der Waals surface area (Å²) in [7, 11) is 0. The summed E-state index contributed by atoms with van der Waals surface area (Å²) < 4.78 is 0. The van der Waals surface area contributed by atoms with Gasteiger partial charge in [-0.2, -0.15) is 0 Å². The minimum atomic E-state index is 0.964. The summed E-state index contributed by atoms with van der Waals surface area (Å²) in [5.74, 6) is 0. The van der Waals surface area contributed by atoms with Crippen LogP contribution in [0.25, 0.3) is 0 Å². The summed E-state index contributed by atoms with van der Waals surface area (Å²) in [5, 5.41) is 0. The predicted octanol–water partition coefficient (Wildman–Crippen LogP) is 3.45. The quantitative estimate of drug-likeness (QED) is 0.697. The molecule has 0 N–H and O–H groups in total. The molecular weight excluding hydrogens is 196 g/mol. The number of hydrogen-bond acceptors (Lipinski definition) is 2. The fourth-order valence-electron chi connectivity index (χ4n) is 1.34. The zero-order valence-corrected chi connectivity index (χ0v) is 9.51. The van der Waals surface area contributed by atoms with E-state index in [9.17, 15) is 0 Å². The van der Waals surface area contributed by atoms with Crippen LogP contribution in [0, 0.1) is 13.8 Å². The Labute approximate surface area is 95.7 Å². The first kappa shape index (κ1) is 10.6. The number of nitrogens with zero attached hydrogens (tertiary/aromatic N) is 2. The third-order valence-corrected chi connectivity index (χ3v) is 2.33. The van der Waals surface area contributed by atoms with Crippen molar-refractivity contribution in [2.24, 2.45) is 4.99 Å². The number of aliphatic imine (C=N–C) groups is 1. The van der Waals surface area contributed by atoms with Crippen LogP contribution in [0.1, 0.15) is 16.8 Å². The Balaban J connectivity index is 2.15. The summed E-state index contributed by atoms with van der Waals surface area (Å²) in [5.41, 5.74) is 4.25. The van der Waals surface area contributed by atoms with Crippen molar-refractivity contribution in [3.63, 3.8) is 0 Å². The van der Waals surface area contributed by atoms with Crippen LogP contribution in [-0.4, -0.2) is 11.2 Å². The Hall–Kier alpha value is -1.96. The third kappa shape index (κ3) is 2.76. The molecule has 1 aromatic heterocycles. The molecule has 0 atom stereocenters. The van der Waals surface area contributed by atoms with E-state index in [-0.39, 0.29) is 0 Å². The van der Waals surface area contributed by atoms with Crippen LogP contribution in [-0.2, 0) is 0 Å². The van der Waals surface area contributed by atoms with Gasteiger partial charge in [-0.05, 0) is 32.0 Å². The molecule has 0 saturated carbocycles. The molecule has 0 aliphatic carbocycles. The molecule has 0 radical (unpaired) electrons. The molecule has 0 aliphatic heterocycles. The van der Waals surface area contributed by atoms with Crippen molar-refractivity contribution < 1.29 is 0 Å². The van der Waals surface area contributed by atoms with E-state index in [1.807, 2.05) is 43.6 Å². The second kappa shape index (κ2) is 4.71. The molecule has 1 heterocycles. The largest absolute Gasteiger partial charge is 0.261 e.